The molecule has 7 heteroatoms. The van der Waals surface area contributed by atoms with E-state index in [-0.39, 0.29) is 5.82 Å². The first-order valence-electron chi connectivity index (χ1n) is 9.06. The van der Waals surface area contributed by atoms with Crippen LogP contribution in [0.2, 0.25) is 0 Å². The summed E-state index contributed by atoms with van der Waals surface area (Å²) in [6.07, 6.45) is 9.88. The van der Waals surface area contributed by atoms with Gasteiger partial charge in [0, 0.05) is 31.4 Å². The summed E-state index contributed by atoms with van der Waals surface area (Å²) in [7, 11) is 0. The topological polar surface area (TPSA) is 58.0 Å². The molecule has 0 bridgehead atoms. The molecule has 0 aromatic carbocycles. The molecule has 0 unspecified atom stereocenters. The summed E-state index contributed by atoms with van der Waals surface area (Å²) in [5.74, 6) is 1.20. The summed E-state index contributed by atoms with van der Waals surface area (Å²) in [5.41, 5.74) is 0.493. The minimum atomic E-state index is -0.265. The molecule has 4 rings (SSSR count). The van der Waals surface area contributed by atoms with Gasteiger partial charge in [0.25, 0.3) is 0 Å². The lowest BCUT2D eigenvalue weighted by Crippen LogP contribution is -2.47. The highest BCUT2D eigenvalue weighted by molar-refractivity contribution is 5.45. The number of hydrogen-bond donors (Lipinski definition) is 0. The van der Waals surface area contributed by atoms with Gasteiger partial charge < -0.3 is 9.80 Å². The summed E-state index contributed by atoms with van der Waals surface area (Å²) in [5, 5.41) is 0. The monoisotopic (exact) mass is 342 g/mol. The second-order valence-electron chi connectivity index (χ2n) is 6.74. The predicted molar refractivity (Wildman–Crippen MR) is 94.1 cm³/mol. The maximum absolute atomic E-state index is 14.5. The number of anilines is 2. The van der Waals surface area contributed by atoms with Gasteiger partial charge in [-0.1, -0.05) is 6.92 Å². The van der Waals surface area contributed by atoms with Crippen LogP contribution in [0.5, 0.6) is 0 Å². The van der Waals surface area contributed by atoms with Gasteiger partial charge in [0.15, 0.2) is 11.6 Å². The van der Waals surface area contributed by atoms with Gasteiger partial charge in [-0.3, -0.25) is 0 Å². The second kappa shape index (κ2) is 6.90. The summed E-state index contributed by atoms with van der Waals surface area (Å²) in [4.78, 5) is 21.2. The lowest BCUT2D eigenvalue weighted by molar-refractivity contribution is 0.451. The molecule has 2 aromatic heterocycles. The van der Waals surface area contributed by atoms with Crippen LogP contribution in [0.15, 0.2) is 24.9 Å². The average Bonchev–Trinajstić information content (AvgIpc) is 3.49. The van der Waals surface area contributed by atoms with Crippen LogP contribution in [-0.4, -0.2) is 45.1 Å². The molecule has 2 aliphatic rings. The van der Waals surface area contributed by atoms with Crippen LogP contribution < -0.4 is 9.80 Å². The Morgan fingerprint density at radius 1 is 1.08 bits per heavy atom. The highest BCUT2D eigenvalue weighted by atomic mass is 19.1. The fraction of sp³-hybridized carbons (Fsp3) is 0.556. The molecule has 2 fully saturated rings. The van der Waals surface area contributed by atoms with Crippen molar-refractivity contribution in [2.24, 2.45) is 0 Å². The van der Waals surface area contributed by atoms with E-state index in [1.807, 2.05) is 13.0 Å². The maximum atomic E-state index is 14.5. The molecule has 1 aliphatic heterocycles. The standard InChI is InChI=1S/C18H23FN6/c1-2-15-17(19)18(23-12-21-15)24-9-6-14(7-10-24)25(13-3-4-13)16-5-8-20-11-22-16/h5,8,11-14H,2-4,6-7,9-10H2,1H3. The SMILES string of the molecule is CCc1ncnc(N2CCC(N(c3ccncn3)C3CC3)CC2)c1F. The molecule has 25 heavy (non-hydrogen) atoms. The second-order valence-corrected chi connectivity index (χ2v) is 6.74. The van der Waals surface area contributed by atoms with Gasteiger partial charge in [-0.2, -0.15) is 0 Å². The van der Waals surface area contributed by atoms with Gasteiger partial charge in [-0.05, 0) is 38.2 Å². The fourth-order valence-electron chi connectivity index (χ4n) is 3.68. The molecular formula is C18H23FN6. The Bertz CT molecular complexity index is 713. The van der Waals surface area contributed by atoms with Crippen LogP contribution in [0.1, 0.15) is 38.3 Å². The number of hydrogen-bond acceptors (Lipinski definition) is 6. The van der Waals surface area contributed by atoms with Gasteiger partial charge in [0.05, 0.1) is 5.69 Å². The van der Waals surface area contributed by atoms with E-state index in [2.05, 4.69) is 29.7 Å². The minimum absolute atomic E-state index is 0.265. The van der Waals surface area contributed by atoms with Crippen molar-refractivity contribution in [2.75, 3.05) is 22.9 Å². The summed E-state index contributed by atoms with van der Waals surface area (Å²) >= 11 is 0. The van der Waals surface area contributed by atoms with Crippen LogP contribution in [0.4, 0.5) is 16.0 Å². The van der Waals surface area contributed by atoms with Crippen molar-refractivity contribution in [2.45, 2.75) is 51.1 Å². The summed E-state index contributed by atoms with van der Waals surface area (Å²) in [6.45, 7) is 3.52. The molecule has 0 atom stereocenters. The van der Waals surface area contributed by atoms with E-state index < -0.39 is 0 Å². The Balaban J connectivity index is 1.48. The van der Waals surface area contributed by atoms with Crippen molar-refractivity contribution in [1.82, 2.24) is 19.9 Å². The summed E-state index contributed by atoms with van der Waals surface area (Å²) < 4.78 is 14.5. The Morgan fingerprint density at radius 2 is 1.84 bits per heavy atom. The van der Waals surface area contributed by atoms with Crippen molar-refractivity contribution in [3.8, 4) is 0 Å². The number of nitrogens with zero attached hydrogens (tertiary/aromatic N) is 6. The number of aryl methyl sites for hydroxylation is 1. The zero-order valence-electron chi connectivity index (χ0n) is 14.5. The van der Waals surface area contributed by atoms with Crippen molar-refractivity contribution >= 4 is 11.6 Å². The van der Waals surface area contributed by atoms with Crippen LogP contribution in [0.3, 0.4) is 0 Å². The smallest absolute Gasteiger partial charge is 0.187 e. The zero-order chi connectivity index (χ0) is 17.2. The van der Waals surface area contributed by atoms with Crippen molar-refractivity contribution in [3.63, 3.8) is 0 Å². The number of rotatable bonds is 5. The molecule has 132 valence electrons. The molecule has 1 saturated heterocycles. The molecule has 1 aliphatic carbocycles. The van der Waals surface area contributed by atoms with E-state index in [1.165, 1.54) is 19.2 Å². The van der Waals surface area contributed by atoms with Crippen molar-refractivity contribution < 1.29 is 4.39 Å². The Hall–Kier alpha value is -2.31. The van der Waals surface area contributed by atoms with Gasteiger partial charge in [-0.15, -0.1) is 0 Å². The first-order valence-corrected chi connectivity index (χ1v) is 9.06. The maximum Gasteiger partial charge on any atom is 0.187 e. The highest BCUT2D eigenvalue weighted by Gasteiger charge is 2.36. The van der Waals surface area contributed by atoms with Crippen LogP contribution in [0.25, 0.3) is 0 Å². The molecule has 0 radical (unpaired) electrons. The quantitative estimate of drug-likeness (QED) is 0.832. The van der Waals surface area contributed by atoms with Gasteiger partial charge in [-0.25, -0.2) is 24.3 Å². The van der Waals surface area contributed by atoms with Gasteiger partial charge in [0.2, 0.25) is 0 Å². The molecule has 3 heterocycles. The normalized spacial score (nSPS) is 18.4. The fourth-order valence-corrected chi connectivity index (χ4v) is 3.68. The third kappa shape index (κ3) is 3.27. The molecule has 2 aromatic rings. The number of halogens is 1. The Morgan fingerprint density at radius 3 is 2.48 bits per heavy atom. The lowest BCUT2D eigenvalue weighted by Gasteiger charge is -2.39. The van der Waals surface area contributed by atoms with Crippen LogP contribution in [0, 0.1) is 5.82 Å². The third-order valence-electron chi connectivity index (χ3n) is 5.11. The van der Waals surface area contributed by atoms with Crippen molar-refractivity contribution in [3.05, 3.63) is 36.4 Å². The van der Waals surface area contributed by atoms with Crippen LogP contribution in [-0.2, 0) is 6.42 Å². The Kier molecular flexibility index (Phi) is 4.46. The zero-order valence-corrected chi connectivity index (χ0v) is 14.5. The van der Waals surface area contributed by atoms with E-state index in [4.69, 9.17) is 0 Å². The average molecular weight is 342 g/mol. The van der Waals surface area contributed by atoms with Gasteiger partial charge >= 0.3 is 0 Å². The molecule has 0 spiro atoms. The number of piperidine rings is 1. The highest BCUT2D eigenvalue weighted by Crippen LogP contribution is 2.35. The van der Waals surface area contributed by atoms with E-state index in [0.29, 0.717) is 30.0 Å². The van der Waals surface area contributed by atoms with E-state index in [1.54, 1.807) is 12.5 Å². The molecule has 0 amide bonds. The van der Waals surface area contributed by atoms with E-state index in [0.717, 1.165) is 31.7 Å². The Labute approximate surface area is 147 Å². The number of aromatic nitrogens is 4. The van der Waals surface area contributed by atoms with E-state index >= 15 is 0 Å². The molecule has 1 saturated carbocycles. The summed E-state index contributed by atoms with van der Waals surface area (Å²) in [6, 6.07) is 3.02. The van der Waals surface area contributed by atoms with Gasteiger partial charge in [0.1, 0.15) is 18.5 Å². The van der Waals surface area contributed by atoms with Crippen molar-refractivity contribution in [1.29, 1.82) is 0 Å². The lowest BCUT2D eigenvalue weighted by atomic mass is 10.0. The molecule has 6 nitrogen and oxygen atoms in total. The predicted octanol–water partition coefficient (Wildman–Crippen LogP) is 2.61. The largest absolute Gasteiger partial charge is 0.354 e. The minimum Gasteiger partial charge on any atom is -0.354 e. The molecule has 0 N–H and O–H groups in total. The van der Waals surface area contributed by atoms with E-state index in [9.17, 15) is 4.39 Å². The first kappa shape index (κ1) is 16.2. The first-order chi connectivity index (χ1) is 12.3. The van der Waals surface area contributed by atoms with Crippen LogP contribution >= 0.6 is 0 Å². The third-order valence-corrected chi connectivity index (χ3v) is 5.11. The molecular weight excluding hydrogens is 319 g/mol.